The zero-order valence-electron chi connectivity index (χ0n) is 19.0. The smallest absolute Gasteiger partial charge is 0.478 e. The number of nitrogens with zero attached hydrogens (tertiary/aromatic N) is 3. The maximum atomic E-state index is 13.2. The summed E-state index contributed by atoms with van der Waals surface area (Å²) >= 11 is 0. The lowest BCUT2D eigenvalue weighted by atomic mass is 9.81. The molecule has 1 aliphatic rings. The van der Waals surface area contributed by atoms with Crippen molar-refractivity contribution in [2.75, 3.05) is 0 Å². The van der Waals surface area contributed by atoms with Crippen molar-refractivity contribution >= 4 is 17.0 Å². The topological polar surface area (TPSA) is 90.4 Å². The van der Waals surface area contributed by atoms with Gasteiger partial charge in [0.05, 0.1) is 28.0 Å². The van der Waals surface area contributed by atoms with Crippen molar-refractivity contribution in [2.24, 2.45) is 5.92 Å². The fourth-order valence-corrected chi connectivity index (χ4v) is 4.61. The van der Waals surface area contributed by atoms with Gasteiger partial charge in [0.1, 0.15) is 5.76 Å². The summed E-state index contributed by atoms with van der Waals surface area (Å²) in [6, 6.07) is 5.29. The van der Waals surface area contributed by atoms with Crippen molar-refractivity contribution in [3.8, 4) is 22.6 Å². The van der Waals surface area contributed by atoms with Gasteiger partial charge in [-0.15, -0.1) is 13.2 Å². The van der Waals surface area contributed by atoms with Crippen LogP contribution in [0, 0.1) is 19.8 Å². The molecular weight excluding hydrogens is 463 g/mol. The minimum atomic E-state index is -5.00. The summed E-state index contributed by atoms with van der Waals surface area (Å²) in [5, 5.41) is 13.3. The predicted octanol–water partition coefficient (Wildman–Crippen LogP) is 6.24. The van der Waals surface area contributed by atoms with Gasteiger partial charge in [0.15, 0.2) is 5.75 Å². The van der Waals surface area contributed by atoms with Gasteiger partial charge in [-0.3, -0.25) is 4.98 Å². The molecule has 0 unspecified atom stereocenters. The molecule has 0 radical (unpaired) electrons. The Hall–Kier alpha value is -3.82. The van der Waals surface area contributed by atoms with Gasteiger partial charge in [-0.2, -0.15) is 0 Å². The number of hydrogen-bond acceptors (Lipinski definition) is 5. The van der Waals surface area contributed by atoms with Crippen LogP contribution in [0.1, 0.15) is 46.6 Å². The third kappa shape index (κ3) is 4.36. The third-order valence-corrected chi connectivity index (χ3v) is 6.46. The van der Waals surface area contributed by atoms with Gasteiger partial charge in [-0.05, 0) is 56.0 Å². The van der Waals surface area contributed by atoms with Gasteiger partial charge < -0.3 is 18.9 Å². The number of pyridine rings is 1. The Labute approximate surface area is 198 Å². The number of fused-ring (bicyclic) bond motifs is 1. The molecule has 0 aliphatic heterocycles. The predicted molar refractivity (Wildman–Crippen MR) is 121 cm³/mol. The van der Waals surface area contributed by atoms with Gasteiger partial charge in [0.25, 0.3) is 0 Å². The number of aryl methyl sites for hydroxylation is 2. The van der Waals surface area contributed by atoms with Crippen molar-refractivity contribution in [1.29, 1.82) is 0 Å². The van der Waals surface area contributed by atoms with Crippen molar-refractivity contribution in [1.82, 2.24) is 14.7 Å². The van der Waals surface area contributed by atoms with E-state index in [1.807, 2.05) is 6.07 Å². The van der Waals surface area contributed by atoms with Crippen LogP contribution in [0.25, 0.3) is 27.8 Å². The minimum absolute atomic E-state index is 0.0647. The molecule has 7 nitrogen and oxygen atoms in total. The first-order valence-electron chi connectivity index (χ1n) is 11.2. The summed E-state index contributed by atoms with van der Waals surface area (Å²) in [5.74, 6) is -0.858. The lowest BCUT2D eigenvalue weighted by Crippen LogP contribution is -2.19. The molecule has 182 valence electrons. The van der Waals surface area contributed by atoms with Crippen LogP contribution in [0.2, 0.25) is 0 Å². The van der Waals surface area contributed by atoms with Crippen molar-refractivity contribution in [2.45, 2.75) is 45.9 Å². The van der Waals surface area contributed by atoms with Crippen molar-refractivity contribution in [3.63, 3.8) is 0 Å². The number of carboxylic acid groups (broad SMARTS) is 1. The van der Waals surface area contributed by atoms with Crippen LogP contribution in [0.15, 0.2) is 41.2 Å². The molecule has 5 rings (SSSR count). The first-order valence-corrected chi connectivity index (χ1v) is 11.2. The Bertz CT molecular complexity index is 1410. The highest BCUT2D eigenvalue weighted by atomic mass is 19.4. The van der Waals surface area contributed by atoms with E-state index in [0.29, 0.717) is 34.0 Å². The molecule has 1 aromatic carbocycles. The molecule has 4 aromatic rings. The number of aromatic carboxylic acids is 1. The van der Waals surface area contributed by atoms with E-state index in [-0.39, 0.29) is 11.3 Å². The second kappa shape index (κ2) is 8.44. The van der Waals surface area contributed by atoms with Crippen LogP contribution >= 0.6 is 0 Å². The molecule has 1 aliphatic carbocycles. The lowest BCUT2D eigenvalue weighted by Gasteiger charge is -2.24. The lowest BCUT2D eigenvalue weighted by molar-refractivity contribution is -0.274. The maximum Gasteiger partial charge on any atom is 0.573 e. The summed E-state index contributed by atoms with van der Waals surface area (Å²) in [6.07, 6.45) is 2.59. The van der Waals surface area contributed by atoms with E-state index in [1.165, 1.54) is 12.1 Å². The molecule has 0 spiro atoms. The van der Waals surface area contributed by atoms with Gasteiger partial charge in [-0.25, -0.2) is 4.79 Å². The van der Waals surface area contributed by atoms with E-state index in [2.05, 4.69) is 14.9 Å². The molecular formula is C25H22F3N3O4. The van der Waals surface area contributed by atoms with Gasteiger partial charge in [-0.1, -0.05) is 24.4 Å². The largest absolute Gasteiger partial charge is 0.573 e. The number of carboxylic acids is 1. The number of ether oxygens (including phenoxy) is 1. The highest BCUT2D eigenvalue weighted by Gasteiger charge is 2.33. The highest BCUT2D eigenvalue weighted by molar-refractivity contribution is 5.90. The Morgan fingerprint density at radius 3 is 2.63 bits per heavy atom. The standard InChI is InChI=1S/C25H22F3N3O4/c1-13-22(14(2)35-30-13)17-9-20-23(29-11-17)18(8-15-4-3-5-15)12-31(20)19-7-6-16(24(32)33)10-21(19)34-25(26,27)28/h6-7,9-12,15H,3-5,8H2,1-2H3,(H,32,33). The number of carbonyl (C=O) groups is 1. The second-order valence-corrected chi connectivity index (χ2v) is 8.85. The van der Waals surface area contributed by atoms with Crippen LogP contribution in [0.5, 0.6) is 5.75 Å². The Morgan fingerprint density at radius 1 is 1.26 bits per heavy atom. The van der Waals surface area contributed by atoms with E-state index >= 15 is 0 Å². The van der Waals surface area contributed by atoms with Crippen molar-refractivity contribution in [3.05, 3.63) is 59.2 Å². The molecule has 1 saturated carbocycles. The summed E-state index contributed by atoms with van der Waals surface area (Å²) in [4.78, 5) is 16.1. The molecule has 35 heavy (non-hydrogen) atoms. The molecule has 10 heteroatoms. The number of aromatic nitrogens is 3. The van der Waals surface area contributed by atoms with Crippen LogP contribution in [-0.4, -0.2) is 32.1 Å². The quantitative estimate of drug-likeness (QED) is 0.348. The van der Waals surface area contributed by atoms with Crippen molar-refractivity contribution < 1.29 is 32.3 Å². The average molecular weight is 485 g/mol. The Balaban J connectivity index is 1.73. The zero-order chi connectivity index (χ0) is 24.9. The zero-order valence-corrected chi connectivity index (χ0v) is 19.0. The fraction of sp³-hybridized carbons (Fsp3) is 0.320. The molecule has 0 bridgehead atoms. The molecule has 3 aromatic heterocycles. The first-order chi connectivity index (χ1) is 16.6. The molecule has 3 heterocycles. The van der Waals surface area contributed by atoms with E-state index in [4.69, 9.17) is 4.52 Å². The monoisotopic (exact) mass is 485 g/mol. The van der Waals surface area contributed by atoms with Crippen LogP contribution in [-0.2, 0) is 6.42 Å². The van der Waals surface area contributed by atoms with Crippen LogP contribution in [0.3, 0.4) is 0 Å². The van der Waals surface area contributed by atoms with Crippen LogP contribution < -0.4 is 4.74 Å². The van der Waals surface area contributed by atoms with Gasteiger partial charge in [0, 0.05) is 23.5 Å². The number of alkyl halides is 3. The number of hydrogen-bond donors (Lipinski definition) is 1. The normalized spacial score (nSPS) is 14.3. The molecule has 1 fully saturated rings. The second-order valence-electron chi connectivity index (χ2n) is 8.85. The number of halogens is 3. The SMILES string of the molecule is Cc1noc(C)c1-c1cnc2c(CC3CCC3)cn(-c3ccc(C(=O)O)cc3OC(F)(F)F)c2c1. The van der Waals surface area contributed by atoms with Gasteiger partial charge >= 0.3 is 12.3 Å². The fourth-order valence-electron chi connectivity index (χ4n) is 4.61. The Kier molecular flexibility index (Phi) is 5.53. The third-order valence-electron chi connectivity index (χ3n) is 6.46. The summed E-state index contributed by atoms with van der Waals surface area (Å²) in [5.41, 5.74) is 4.06. The van der Waals surface area contributed by atoms with E-state index in [9.17, 15) is 23.1 Å². The molecule has 0 atom stereocenters. The van der Waals surface area contributed by atoms with E-state index in [1.54, 1.807) is 30.8 Å². The number of benzene rings is 1. The summed E-state index contributed by atoms with van der Waals surface area (Å²) in [6.45, 7) is 3.58. The van der Waals surface area contributed by atoms with Gasteiger partial charge in [0.2, 0.25) is 0 Å². The average Bonchev–Trinajstić information content (AvgIpc) is 3.28. The van der Waals surface area contributed by atoms with Crippen LogP contribution in [0.4, 0.5) is 13.2 Å². The van der Waals surface area contributed by atoms with E-state index in [0.717, 1.165) is 42.9 Å². The highest BCUT2D eigenvalue weighted by Crippen LogP contribution is 2.38. The molecule has 1 N–H and O–H groups in total. The molecule has 0 amide bonds. The van der Waals surface area contributed by atoms with E-state index < -0.39 is 18.1 Å². The Morgan fingerprint density at radius 2 is 2.03 bits per heavy atom. The maximum absolute atomic E-state index is 13.2. The molecule has 0 saturated heterocycles. The number of rotatable bonds is 6. The minimum Gasteiger partial charge on any atom is -0.478 e. The summed E-state index contributed by atoms with van der Waals surface area (Å²) < 4.78 is 50.9. The summed E-state index contributed by atoms with van der Waals surface area (Å²) in [7, 11) is 0. The first kappa shape index (κ1) is 22.9.